The van der Waals surface area contributed by atoms with Crippen LogP contribution in [0.25, 0.3) is 0 Å². The van der Waals surface area contributed by atoms with Crippen molar-refractivity contribution in [3.8, 4) is 5.75 Å². The number of likely N-dealkylation sites (N-methyl/N-ethyl adjacent to an activating group) is 1. The highest BCUT2D eigenvalue weighted by molar-refractivity contribution is 7.89. The van der Waals surface area contributed by atoms with E-state index in [-0.39, 0.29) is 22.1 Å². The van der Waals surface area contributed by atoms with Gasteiger partial charge in [-0.05, 0) is 32.0 Å². The van der Waals surface area contributed by atoms with Crippen molar-refractivity contribution in [2.24, 2.45) is 5.14 Å². The molecule has 0 aromatic heterocycles. The van der Waals surface area contributed by atoms with Crippen LogP contribution in [0.1, 0.15) is 24.2 Å². The number of methoxy groups -OCH3 is 1. The van der Waals surface area contributed by atoms with E-state index < -0.39 is 22.0 Å². The molecule has 0 fully saturated rings. The van der Waals surface area contributed by atoms with Gasteiger partial charge < -0.3 is 15.4 Å². The average molecular weight is 329 g/mol. The lowest BCUT2D eigenvalue weighted by molar-refractivity contribution is -0.122. The van der Waals surface area contributed by atoms with Gasteiger partial charge in [-0.15, -0.1) is 0 Å². The van der Waals surface area contributed by atoms with Gasteiger partial charge in [-0.3, -0.25) is 9.59 Å². The van der Waals surface area contributed by atoms with Crippen molar-refractivity contribution >= 4 is 21.8 Å². The summed E-state index contributed by atoms with van der Waals surface area (Å²) in [6.45, 7) is 3.70. The number of ether oxygens (including phenoxy) is 1. The minimum absolute atomic E-state index is 0.0230. The van der Waals surface area contributed by atoms with Crippen molar-refractivity contribution in [1.82, 2.24) is 10.6 Å². The van der Waals surface area contributed by atoms with Gasteiger partial charge >= 0.3 is 0 Å². The zero-order valence-electron chi connectivity index (χ0n) is 12.5. The van der Waals surface area contributed by atoms with E-state index in [1.54, 1.807) is 6.92 Å². The van der Waals surface area contributed by atoms with Gasteiger partial charge in [-0.1, -0.05) is 0 Å². The highest BCUT2D eigenvalue weighted by atomic mass is 32.2. The lowest BCUT2D eigenvalue weighted by atomic mass is 10.1. The molecule has 2 amide bonds. The van der Waals surface area contributed by atoms with Gasteiger partial charge in [0.2, 0.25) is 15.9 Å². The van der Waals surface area contributed by atoms with Crippen molar-refractivity contribution in [3.63, 3.8) is 0 Å². The molecule has 0 aliphatic rings. The molecule has 0 heterocycles. The number of hydrogen-bond donors (Lipinski definition) is 3. The highest BCUT2D eigenvalue weighted by Gasteiger charge is 2.21. The van der Waals surface area contributed by atoms with Crippen molar-refractivity contribution in [3.05, 3.63) is 23.8 Å². The van der Waals surface area contributed by atoms with Crippen LogP contribution in [0.2, 0.25) is 0 Å². The Morgan fingerprint density at radius 1 is 1.36 bits per heavy atom. The maximum absolute atomic E-state index is 12.2. The Morgan fingerprint density at radius 3 is 2.50 bits per heavy atom. The minimum Gasteiger partial charge on any atom is -0.496 e. The zero-order chi connectivity index (χ0) is 16.9. The number of benzene rings is 1. The summed E-state index contributed by atoms with van der Waals surface area (Å²) in [5, 5.41) is 10.1. The van der Waals surface area contributed by atoms with E-state index in [9.17, 15) is 18.0 Å². The number of carbonyl (C=O) groups is 2. The standard InChI is InChI=1S/C13H19N3O5S/c1-4-15-12(17)8(2)16-13(18)10-7-9(22(14,19)20)5-6-11(10)21-3/h5-8H,4H2,1-3H3,(H,15,17)(H,16,18)(H2,14,19,20). The maximum Gasteiger partial charge on any atom is 0.255 e. The number of amides is 2. The highest BCUT2D eigenvalue weighted by Crippen LogP contribution is 2.21. The third-order valence-corrected chi connectivity index (χ3v) is 3.75. The smallest absolute Gasteiger partial charge is 0.255 e. The van der Waals surface area contributed by atoms with E-state index in [1.807, 2.05) is 0 Å². The van der Waals surface area contributed by atoms with E-state index in [0.29, 0.717) is 6.54 Å². The summed E-state index contributed by atoms with van der Waals surface area (Å²) in [4.78, 5) is 23.6. The molecule has 1 rings (SSSR count). The molecule has 0 saturated carbocycles. The van der Waals surface area contributed by atoms with Crippen molar-refractivity contribution in [1.29, 1.82) is 0 Å². The fourth-order valence-electron chi connectivity index (χ4n) is 1.71. The van der Waals surface area contributed by atoms with E-state index in [4.69, 9.17) is 9.88 Å². The maximum atomic E-state index is 12.2. The molecule has 1 aromatic carbocycles. The van der Waals surface area contributed by atoms with Gasteiger partial charge in [0.15, 0.2) is 0 Å². The van der Waals surface area contributed by atoms with Crippen LogP contribution in [0, 0.1) is 0 Å². The number of hydrogen-bond acceptors (Lipinski definition) is 5. The lowest BCUT2D eigenvalue weighted by Gasteiger charge is -2.15. The molecule has 0 spiro atoms. The Kier molecular flexibility index (Phi) is 5.89. The Hall–Kier alpha value is -2.13. The van der Waals surface area contributed by atoms with Crippen LogP contribution in [-0.4, -0.2) is 39.9 Å². The number of carbonyl (C=O) groups excluding carboxylic acids is 2. The molecule has 0 aliphatic heterocycles. The first-order chi connectivity index (χ1) is 10.2. The van der Waals surface area contributed by atoms with Crippen molar-refractivity contribution in [2.75, 3.05) is 13.7 Å². The van der Waals surface area contributed by atoms with E-state index in [0.717, 1.165) is 6.07 Å². The molecule has 1 aromatic rings. The number of nitrogens with two attached hydrogens (primary N) is 1. The molecular formula is C13H19N3O5S. The molecule has 4 N–H and O–H groups in total. The average Bonchev–Trinajstić information content (AvgIpc) is 2.45. The second-order valence-electron chi connectivity index (χ2n) is 4.50. The number of sulfonamides is 1. The molecule has 0 aliphatic carbocycles. The first-order valence-electron chi connectivity index (χ1n) is 6.50. The predicted molar refractivity (Wildman–Crippen MR) is 80.0 cm³/mol. The lowest BCUT2D eigenvalue weighted by Crippen LogP contribution is -2.44. The fraction of sp³-hybridized carbons (Fsp3) is 0.385. The Bertz CT molecular complexity index is 672. The van der Waals surface area contributed by atoms with Crippen LogP contribution in [0.3, 0.4) is 0 Å². The fourth-order valence-corrected chi connectivity index (χ4v) is 2.25. The van der Waals surface area contributed by atoms with E-state index >= 15 is 0 Å². The molecule has 0 radical (unpaired) electrons. The van der Waals surface area contributed by atoms with Crippen molar-refractivity contribution in [2.45, 2.75) is 24.8 Å². The van der Waals surface area contributed by atoms with Gasteiger partial charge in [-0.25, -0.2) is 13.6 Å². The third-order valence-electron chi connectivity index (χ3n) is 2.84. The summed E-state index contributed by atoms with van der Waals surface area (Å²) < 4.78 is 27.8. The number of rotatable bonds is 6. The van der Waals surface area contributed by atoms with Crippen LogP contribution >= 0.6 is 0 Å². The first-order valence-corrected chi connectivity index (χ1v) is 8.04. The molecule has 122 valence electrons. The molecule has 8 nitrogen and oxygen atoms in total. The van der Waals surface area contributed by atoms with Crippen LogP contribution < -0.4 is 20.5 Å². The van der Waals surface area contributed by atoms with Crippen LogP contribution in [0.4, 0.5) is 0 Å². The molecule has 1 unspecified atom stereocenters. The summed E-state index contributed by atoms with van der Waals surface area (Å²) in [5.74, 6) is -0.813. The summed E-state index contributed by atoms with van der Waals surface area (Å²) in [7, 11) is -2.61. The number of primary sulfonamides is 1. The van der Waals surface area contributed by atoms with Crippen LogP contribution in [0.15, 0.2) is 23.1 Å². The summed E-state index contributed by atoms with van der Waals surface area (Å²) in [5.41, 5.74) is -0.0230. The quantitative estimate of drug-likeness (QED) is 0.654. The predicted octanol–water partition coefficient (Wildman–Crippen LogP) is -0.403. The molecule has 0 bridgehead atoms. The molecular weight excluding hydrogens is 310 g/mol. The molecule has 0 saturated heterocycles. The Labute approximate surface area is 129 Å². The van der Waals surface area contributed by atoms with Gasteiger partial charge in [0.1, 0.15) is 11.8 Å². The van der Waals surface area contributed by atoms with Crippen LogP contribution in [0.5, 0.6) is 5.75 Å². The second-order valence-corrected chi connectivity index (χ2v) is 6.06. The largest absolute Gasteiger partial charge is 0.496 e. The zero-order valence-corrected chi connectivity index (χ0v) is 13.4. The van der Waals surface area contributed by atoms with Crippen LogP contribution in [-0.2, 0) is 14.8 Å². The third kappa shape index (κ3) is 4.43. The van der Waals surface area contributed by atoms with Crippen molar-refractivity contribution < 1.29 is 22.7 Å². The summed E-state index contributed by atoms with van der Waals surface area (Å²) in [6, 6.07) is 2.88. The SMILES string of the molecule is CCNC(=O)C(C)NC(=O)c1cc(S(N)(=O)=O)ccc1OC. The summed E-state index contributed by atoms with van der Waals surface area (Å²) in [6.07, 6.45) is 0. The Morgan fingerprint density at radius 2 is 2.00 bits per heavy atom. The van der Waals surface area contributed by atoms with E-state index in [2.05, 4.69) is 10.6 Å². The van der Waals surface area contributed by atoms with Gasteiger partial charge in [-0.2, -0.15) is 0 Å². The van der Waals surface area contributed by atoms with Gasteiger partial charge in [0, 0.05) is 6.54 Å². The topological polar surface area (TPSA) is 128 Å². The van der Waals surface area contributed by atoms with Gasteiger partial charge in [0.25, 0.3) is 5.91 Å². The van der Waals surface area contributed by atoms with Gasteiger partial charge in [0.05, 0.1) is 17.6 Å². The first kappa shape index (κ1) is 17.9. The molecule has 22 heavy (non-hydrogen) atoms. The minimum atomic E-state index is -3.95. The monoisotopic (exact) mass is 329 g/mol. The van der Waals surface area contributed by atoms with E-state index in [1.165, 1.54) is 26.2 Å². The Balaban J connectivity index is 3.08. The normalized spacial score (nSPS) is 12.4. The molecule has 1 atom stereocenters. The number of nitrogens with one attached hydrogen (secondary N) is 2. The second kappa shape index (κ2) is 7.23. The summed E-state index contributed by atoms with van der Waals surface area (Å²) >= 11 is 0. The molecule has 9 heteroatoms.